The van der Waals surface area contributed by atoms with Crippen LogP contribution in [0.15, 0.2) is 23.1 Å². The Morgan fingerprint density at radius 3 is 2.81 bits per heavy atom. The van der Waals surface area contributed by atoms with Crippen molar-refractivity contribution >= 4 is 10.0 Å². The van der Waals surface area contributed by atoms with Gasteiger partial charge in [0.2, 0.25) is 10.0 Å². The minimum atomic E-state index is -3.58. The molecule has 0 spiro atoms. The molecule has 8 heteroatoms. The highest BCUT2D eigenvalue weighted by atomic mass is 32.2. The molecule has 0 aromatic heterocycles. The van der Waals surface area contributed by atoms with Gasteiger partial charge in [0, 0.05) is 38.3 Å². The lowest BCUT2D eigenvalue weighted by atomic mass is 10.2. The first-order valence-electron chi connectivity index (χ1n) is 6.95. The Bertz CT molecular complexity index is 620. The molecule has 1 aromatic rings. The number of piperazine rings is 1. The molecule has 3 rings (SSSR count). The third-order valence-electron chi connectivity index (χ3n) is 3.69. The van der Waals surface area contributed by atoms with Crippen LogP contribution in [0.2, 0.25) is 0 Å². The summed E-state index contributed by atoms with van der Waals surface area (Å²) >= 11 is 0. The van der Waals surface area contributed by atoms with E-state index in [2.05, 4.69) is 5.32 Å². The van der Waals surface area contributed by atoms with E-state index in [9.17, 15) is 8.42 Å². The molecule has 0 bridgehead atoms. The van der Waals surface area contributed by atoms with Crippen molar-refractivity contribution in [2.24, 2.45) is 5.73 Å². The highest BCUT2D eigenvalue weighted by molar-refractivity contribution is 7.89. The molecule has 3 N–H and O–H groups in total. The van der Waals surface area contributed by atoms with Crippen molar-refractivity contribution in [3.8, 4) is 11.5 Å². The molecule has 1 saturated heterocycles. The van der Waals surface area contributed by atoms with E-state index in [0.717, 1.165) is 0 Å². The number of sulfonamides is 1. The number of hydrogen-bond acceptors (Lipinski definition) is 6. The van der Waals surface area contributed by atoms with Crippen molar-refractivity contribution in [1.29, 1.82) is 0 Å². The van der Waals surface area contributed by atoms with Gasteiger partial charge in [0.1, 0.15) is 13.2 Å². The number of ether oxygens (including phenoxy) is 2. The Hall–Kier alpha value is -1.35. The Balaban J connectivity index is 1.94. The molecule has 1 atom stereocenters. The Labute approximate surface area is 124 Å². The van der Waals surface area contributed by atoms with Crippen LogP contribution in [0.25, 0.3) is 0 Å². The molecule has 1 unspecified atom stereocenters. The van der Waals surface area contributed by atoms with Crippen molar-refractivity contribution in [2.45, 2.75) is 10.9 Å². The van der Waals surface area contributed by atoms with Crippen LogP contribution in [0, 0.1) is 0 Å². The topological polar surface area (TPSA) is 93.9 Å². The molecule has 7 nitrogen and oxygen atoms in total. The summed E-state index contributed by atoms with van der Waals surface area (Å²) in [7, 11) is -3.58. The van der Waals surface area contributed by atoms with Gasteiger partial charge in [-0.3, -0.25) is 0 Å². The highest BCUT2D eigenvalue weighted by Crippen LogP contribution is 2.33. The molecule has 1 aromatic carbocycles. The fourth-order valence-corrected chi connectivity index (χ4v) is 4.23. The zero-order valence-electron chi connectivity index (χ0n) is 11.6. The summed E-state index contributed by atoms with van der Waals surface area (Å²) in [5, 5.41) is 3.16. The number of fused-ring (bicyclic) bond motifs is 1. The average Bonchev–Trinajstić information content (AvgIpc) is 2.54. The van der Waals surface area contributed by atoms with E-state index in [1.807, 2.05) is 0 Å². The predicted molar refractivity (Wildman–Crippen MR) is 77.0 cm³/mol. The lowest BCUT2D eigenvalue weighted by molar-refractivity contribution is 0.171. The molecule has 0 saturated carbocycles. The van der Waals surface area contributed by atoms with E-state index in [0.29, 0.717) is 44.3 Å². The standard InChI is InChI=1S/C13H19N3O4S/c14-8-10-9-15-3-4-16(10)21(17,18)11-1-2-12-13(7-11)20-6-5-19-12/h1-2,7,10,15H,3-6,8-9,14H2. The Kier molecular flexibility index (Phi) is 4.03. The molecule has 21 heavy (non-hydrogen) atoms. The van der Waals surface area contributed by atoms with E-state index in [1.165, 1.54) is 10.4 Å². The summed E-state index contributed by atoms with van der Waals surface area (Å²) in [5.74, 6) is 1.05. The fraction of sp³-hybridized carbons (Fsp3) is 0.538. The highest BCUT2D eigenvalue weighted by Gasteiger charge is 2.33. The summed E-state index contributed by atoms with van der Waals surface area (Å²) in [4.78, 5) is 0.215. The maximum Gasteiger partial charge on any atom is 0.243 e. The number of nitrogens with two attached hydrogens (primary N) is 1. The number of benzene rings is 1. The van der Waals surface area contributed by atoms with E-state index >= 15 is 0 Å². The molecule has 116 valence electrons. The molecule has 0 radical (unpaired) electrons. The van der Waals surface area contributed by atoms with Crippen LogP contribution in [0.1, 0.15) is 0 Å². The van der Waals surface area contributed by atoms with Gasteiger partial charge in [0.15, 0.2) is 11.5 Å². The minimum absolute atomic E-state index is 0.215. The number of rotatable bonds is 3. The van der Waals surface area contributed by atoms with Gasteiger partial charge in [-0.05, 0) is 12.1 Å². The van der Waals surface area contributed by atoms with Crippen LogP contribution in [0.5, 0.6) is 11.5 Å². The van der Waals surface area contributed by atoms with Gasteiger partial charge in [-0.2, -0.15) is 4.31 Å². The Morgan fingerprint density at radius 1 is 1.29 bits per heavy atom. The van der Waals surface area contributed by atoms with Crippen LogP contribution in [-0.2, 0) is 10.0 Å². The van der Waals surface area contributed by atoms with Crippen LogP contribution in [-0.4, -0.2) is 58.2 Å². The summed E-state index contributed by atoms with van der Waals surface area (Å²) in [6, 6.07) is 4.50. The molecular formula is C13H19N3O4S. The second kappa shape index (κ2) is 5.80. The van der Waals surface area contributed by atoms with Gasteiger partial charge in [-0.15, -0.1) is 0 Å². The lowest BCUT2D eigenvalue weighted by Gasteiger charge is -2.34. The van der Waals surface area contributed by atoms with Crippen LogP contribution in [0.4, 0.5) is 0 Å². The quantitative estimate of drug-likeness (QED) is 0.772. The van der Waals surface area contributed by atoms with Crippen molar-refractivity contribution in [2.75, 3.05) is 39.4 Å². The average molecular weight is 313 g/mol. The van der Waals surface area contributed by atoms with E-state index in [1.54, 1.807) is 12.1 Å². The van der Waals surface area contributed by atoms with Crippen LogP contribution >= 0.6 is 0 Å². The third kappa shape index (κ3) is 2.71. The maximum atomic E-state index is 12.8. The molecule has 2 aliphatic heterocycles. The smallest absolute Gasteiger partial charge is 0.243 e. The second-order valence-electron chi connectivity index (χ2n) is 5.01. The number of nitrogens with one attached hydrogen (secondary N) is 1. The van der Waals surface area contributed by atoms with E-state index in [4.69, 9.17) is 15.2 Å². The molecule has 1 fully saturated rings. The first-order chi connectivity index (χ1) is 10.1. The predicted octanol–water partition coefficient (Wildman–Crippen LogP) is -0.621. The second-order valence-corrected chi connectivity index (χ2v) is 6.91. The van der Waals surface area contributed by atoms with Crippen LogP contribution in [0.3, 0.4) is 0 Å². The van der Waals surface area contributed by atoms with Crippen molar-refractivity contribution in [3.05, 3.63) is 18.2 Å². The van der Waals surface area contributed by atoms with Gasteiger partial charge < -0.3 is 20.5 Å². The lowest BCUT2D eigenvalue weighted by Crippen LogP contribution is -2.56. The first kappa shape index (κ1) is 14.6. The van der Waals surface area contributed by atoms with E-state index < -0.39 is 10.0 Å². The molecule has 2 heterocycles. The molecular weight excluding hydrogens is 294 g/mol. The summed E-state index contributed by atoms with van der Waals surface area (Å²) in [5.41, 5.74) is 5.69. The largest absolute Gasteiger partial charge is 0.486 e. The van der Waals surface area contributed by atoms with Gasteiger partial charge in [0.05, 0.1) is 4.90 Å². The summed E-state index contributed by atoms with van der Waals surface area (Å²) in [6.07, 6.45) is 0. The maximum absolute atomic E-state index is 12.8. The molecule has 2 aliphatic rings. The number of nitrogens with zero attached hydrogens (tertiary/aromatic N) is 1. The van der Waals surface area contributed by atoms with E-state index in [-0.39, 0.29) is 17.5 Å². The Morgan fingerprint density at radius 2 is 2.05 bits per heavy atom. The third-order valence-corrected chi connectivity index (χ3v) is 5.64. The molecule has 0 aliphatic carbocycles. The van der Waals surface area contributed by atoms with Crippen LogP contribution < -0.4 is 20.5 Å². The van der Waals surface area contributed by atoms with Crippen molar-refractivity contribution in [3.63, 3.8) is 0 Å². The normalized spacial score (nSPS) is 23.0. The minimum Gasteiger partial charge on any atom is -0.486 e. The van der Waals surface area contributed by atoms with Gasteiger partial charge in [0.25, 0.3) is 0 Å². The summed E-state index contributed by atoms with van der Waals surface area (Å²) in [6.45, 7) is 2.80. The van der Waals surface area contributed by atoms with Gasteiger partial charge >= 0.3 is 0 Å². The number of hydrogen-bond donors (Lipinski definition) is 2. The van der Waals surface area contributed by atoms with Crippen molar-refractivity contribution in [1.82, 2.24) is 9.62 Å². The monoisotopic (exact) mass is 313 g/mol. The SMILES string of the molecule is NCC1CNCCN1S(=O)(=O)c1ccc2c(c1)OCCO2. The zero-order chi connectivity index (χ0) is 14.9. The molecule has 0 amide bonds. The van der Waals surface area contributed by atoms with Crippen molar-refractivity contribution < 1.29 is 17.9 Å². The van der Waals surface area contributed by atoms with Gasteiger partial charge in [-0.1, -0.05) is 0 Å². The summed E-state index contributed by atoms with van der Waals surface area (Å²) < 4.78 is 37.9. The van der Waals surface area contributed by atoms with Gasteiger partial charge in [-0.25, -0.2) is 8.42 Å². The zero-order valence-corrected chi connectivity index (χ0v) is 12.4. The fourth-order valence-electron chi connectivity index (χ4n) is 2.58. The first-order valence-corrected chi connectivity index (χ1v) is 8.39.